The lowest BCUT2D eigenvalue weighted by Crippen LogP contribution is -2.83. The zero-order valence-corrected chi connectivity index (χ0v) is 23.2. The topological polar surface area (TPSA) is 143 Å². The van der Waals surface area contributed by atoms with E-state index in [0.717, 1.165) is 0 Å². The lowest BCUT2D eigenvalue weighted by atomic mass is 9.36. The molecule has 0 aromatic heterocycles. The van der Waals surface area contributed by atoms with Crippen molar-refractivity contribution in [2.24, 2.45) is 34.0 Å². The molecule has 2 spiro atoms. The number of carbonyl (C=O) groups is 3. The molecule has 3 N–H and O–H groups in total. The van der Waals surface area contributed by atoms with Crippen LogP contribution in [-0.4, -0.2) is 92.4 Å². The zero-order valence-electron chi connectivity index (χ0n) is 23.2. The molecule has 9 aliphatic rings. The van der Waals surface area contributed by atoms with Crippen LogP contribution in [0, 0.1) is 34.0 Å². The molecule has 0 amide bonds. The minimum atomic E-state index is -1.75. The maximum absolute atomic E-state index is 13.1. The first-order valence-corrected chi connectivity index (χ1v) is 14.3. The molecule has 0 aromatic carbocycles. The highest BCUT2D eigenvalue weighted by molar-refractivity contribution is 5.72. The second-order valence-corrected chi connectivity index (χ2v) is 13.9. The summed E-state index contributed by atoms with van der Waals surface area (Å²) in [4.78, 5) is 40.0. The van der Waals surface area contributed by atoms with Crippen molar-refractivity contribution >= 4 is 17.9 Å². The Morgan fingerprint density at radius 2 is 1.74 bits per heavy atom. The van der Waals surface area contributed by atoms with Gasteiger partial charge in [-0.15, -0.1) is 0 Å². The van der Waals surface area contributed by atoms with Crippen LogP contribution in [0.1, 0.15) is 60.3 Å². The molecule has 0 aromatic rings. The standard InChI is InChI=1S/C29H39NO9/c1-7-12(2)23(34)39-17-10-27-19-16-9-26-8-13(3)18(20(33)29(26,27)36)22(38-15(5)32)28(26,35)24(27)30(16)11-25(19,6)21(17)37-14(4)31/h12,16-22,24,33,35-36H,3,7-11H2,1-2,4-6H3/t12?,16-,17+,18+,19+,20+,21+,22?,24-,25+,26-,27+,28-,29-/m0/s1. The van der Waals surface area contributed by atoms with Gasteiger partial charge in [-0.3, -0.25) is 19.3 Å². The van der Waals surface area contributed by atoms with Crippen molar-refractivity contribution in [3.63, 3.8) is 0 Å². The Hall–Kier alpha value is -2.01. The van der Waals surface area contributed by atoms with Crippen molar-refractivity contribution in [2.75, 3.05) is 6.54 Å². The van der Waals surface area contributed by atoms with E-state index in [1.807, 2.05) is 13.8 Å². The van der Waals surface area contributed by atoms with Crippen molar-refractivity contribution in [2.45, 2.75) is 108 Å². The highest BCUT2D eigenvalue weighted by Crippen LogP contribution is 2.89. The Balaban J connectivity index is 1.44. The molecule has 6 aliphatic carbocycles. The molecule has 15 atom stereocenters. The first-order valence-electron chi connectivity index (χ1n) is 14.3. The Morgan fingerprint density at radius 3 is 2.36 bits per heavy atom. The van der Waals surface area contributed by atoms with Crippen LogP contribution in [0.2, 0.25) is 0 Å². The van der Waals surface area contributed by atoms with Gasteiger partial charge in [-0.1, -0.05) is 32.9 Å². The highest BCUT2D eigenvalue weighted by atomic mass is 16.6. The summed E-state index contributed by atoms with van der Waals surface area (Å²) < 4.78 is 17.9. The smallest absolute Gasteiger partial charge is 0.309 e. The monoisotopic (exact) mass is 545 g/mol. The van der Waals surface area contributed by atoms with Gasteiger partial charge in [0, 0.05) is 48.6 Å². The summed E-state index contributed by atoms with van der Waals surface area (Å²) in [7, 11) is 0. The predicted molar refractivity (Wildman–Crippen MR) is 134 cm³/mol. The van der Waals surface area contributed by atoms with Crippen LogP contribution >= 0.6 is 0 Å². The van der Waals surface area contributed by atoms with Crippen molar-refractivity contribution in [1.29, 1.82) is 0 Å². The van der Waals surface area contributed by atoms with E-state index in [-0.39, 0.29) is 24.3 Å². The van der Waals surface area contributed by atoms with E-state index in [9.17, 15) is 29.7 Å². The lowest BCUT2D eigenvalue weighted by molar-refractivity contribution is -0.346. The van der Waals surface area contributed by atoms with Crippen LogP contribution in [0.3, 0.4) is 0 Å². The highest BCUT2D eigenvalue weighted by Gasteiger charge is 3.01. The Bertz CT molecular complexity index is 1220. The first kappa shape index (κ1) is 25.9. The van der Waals surface area contributed by atoms with Crippen LogP contribution < -0.4 is 0 Å². The Kier molecular flexibility index (Phi) is 4.82. The molecule has 3 unspecified atom stereocenters. The van der Waals surface area contributed by atoms with E-state index in [4.69, 9.17) is 14.2 Å². The lowest BCUT2D eigenvalue weighted by Gasteiger charge is -2.71. The summed E-state index contributed by atoms with van der Waals surface area (Å²) in [6.07, 6.45) is -2.61. The number of aliphatic hydroxyl groups is 3. The van der Waals surface area contributed by atoms with E-state index >= 15 is 0 Å². The van der Waals surface area contributed by atoms with Gasteiger partial charge in [0.15, 0.2) is 0 Å². The fourth-order valence-corrected chi connectivity index (χ4v) is 11.7. The van der Waals surface area contributed by atoms with Gasteiger partial charge in [0.2, 0.25) is 0 Å². The van der Waals surface area contributed by atoms with E-state index in [2.05, 4.69) is 11.5 Å². The number of hydrogen-bond donors (Lipinski definition) is 3. The maximum atomic E-state index is 13.1. The molecule has 39 heavy (non-hydrogen) atoms. The molecule has 9 fully saturated rings. The largest absolute Gasteiger partial charge is 0.459 e. The Morgan fingerprint density at radius 1 is 1.10 bits per heavy atom. The Labute approximate surface area is 227 Å². The molecular formula is C29H39NO9. The second-order valence-electron chi connectivity index (χ2n) is 13.9. The number of ether oxygens (including phenoxy) is 3. The van der Waals surface area contributed by atoms with Gasteiger partial charge < -0.3 is 29.5 Å². The fraction of sp³-hybridized carbons (Fsp3) is 0.828. The maximum Gasteiger partial charge on any atom is 0.309 e. The molecule has 3 saturated heterocycles. The summed E-state index contributed by atoms with van der Waals surface area (Å²) >= 11 is 0. The summed E-state index contributed by atoms with van der Waals surface area (Å²) in [6, 6.07) is -0.676. The number of carbonyl (C=O) groups excluding carboxylic acids is 3. The zero-order chi connectivity index (χ0) is 28.2. The number of hydrogen-bond acceptors (Lipinski definition) is 10. The van der Waals surface area contributed by atoms with E-state index < -0.39 is 81.7 Å². The number of fused-ring (bicyclic) bond motifs is 1. The molecular weight excluding hydrogens is 506 g/mol. The van der Waals surface area contributed by atoms with E-state index in [1.54, 1.807) is 6.92 Å². The molecule has 9 bridgehead atoms. The average molecular weight is 546 g/mol. The number of nitrogens with zero attached hydrogens (tertiary/aromatic N) is 1. The van der Waals surface area contributed by atoms with Crippen LogP contribution in [0.15, 0.2) is 12.2 Å². The van der Waals surface area contributed by atoms with Crippen molar-refractivity contribution in [3.8, 4) is 0 Å². The minimum absolute atomic E-state index is 0.0440. The molecule has 10 heteroatoms. The second kappa shape index (κ2) is 7.24. The van der Waals surface area contributed by atoms with Crippen LogP contribution in [-0.2, 0) is 28.6 Å². The van der Waals surface area contributed by atoms with E-state index in [1.165, 1.54) is 13.8 Å². The number of aliphatic hydroxyl groups excluding tert-OH is 1. The van der Waals surface area contributed by atoms with Gasteiger partial charge in [0.1, 0.15) is 29.5 Å². The molecule has 214 valence electrons. The molecule has 3 aliphatic heterocycles. The average Bonchev–Trinajstić information content (AvgIpc) is 3.27. The van der Waals surface area contributed by atoms with Crippen molar-refractivity contribution in [1.82, 2.24) is 4.90 Å². The van der Waals surface area contributed by atoms with Gasteiger partial charge in [-0.25, -0.2) is 0 Å². The fourth-order valence-electron chi connectivity index (χ4n) is 11.7. The summed E-state index contributed by atoms with van der Waals surface area (Å²) in [5, 5.41) is 38.0. The molecule has 10 nitrogen and oxygen atoms in total. The van der Waals surface area contributed by atoms with Crippen molar-refractivity contribution < 1.29 is 43.9 Å². The van der Waals surface area contributed by atoms with Gasteiger partial charge >= 0.3 is 17.9 Å². The summed E-state index contributed by atoms with van der Waals surface area (Å²) in [5.41, 5.74) is -5.68. The van der Waals surface area contributed by atoms with Gasteiger partial charge in [0.25, 0.3) is 0 Å². The molecule has 3 heterocycles. The third-order valence-corrected chi connectivity index (χ3v) is 12.5. The third kappa shape index (κ3) is 2.35. The summed E-state index contributed by atoms with van der Waals surface area (Å²) in [6.45, 7) is 13.0. The third-order valence-electron chi connectivity index (χ3n) is 12.5. The summed E-state index contributed by atoms with van der Waals surface area (Å²) in [5.74, 6) is -2.91. The van der Waals surface area contributed by atoms with Gasteiger partial charge in [-0.05, 0) is 31.6 Å². The molecule has 0 radical (unpaired) electrons. The molecule has 9 rings (SSSR count). The first-order chi connectivity index (χ1) is 18.2. The van der Waals surface area contributed by atoms with Gasteiger partial charge in [-0.2, -0.15) is 0 Å². The minimum Gasteiger partial charge on any atom is -0.459 e. The SMILES string of the molecule is C=C1C[C@@]23C[C@H]4[C@@H]5[C@@]6(C)CN4[C@H]4[C@]5(C[C@@H](OC(=O)C(C)CC)[C@H]6OC(C)=O)[C@]2(O)[C@H](O)[C@@H]1C(OC(C)=O)[C@]43O. The van der Waals surface area contributed by atoms with Gasteiger partial charge in [0.05, 0.1) is 18.1 Å². The number of rotatable bonds is 5. The van der Waals surface area contributed by atoms with Crippen LogP contribution in [0.5, 0.6) is 0 Å². The normalized spacial score (nSPS) is 57.4. The quantitative estimate of drug-likeness (QED) is 0.257. The van der Waals surface area contributed by atoms with Crippen LogP contribution in [0.25, 0.3) is 0 Å². The van der Waals surface area contributed by atoms with E-state index in [0.29, 0.717) is 31.4 Å². The van der Waals surface area contributed by atoms with Crippen LogP contribution in [0.4, 0.5) is 0 Å². The predicted octanol–water partition coefficient (Wildman–Crippen LogP) is 0.703. The molecule has 6 saturated carbocycles. The van der Waals surface area contributed by atoms with Crippen molar-refractivity contribution in [3.05, 3.63) is 12.2 Å². The number of esters is 3. The number of piperidine rings is 2.